The molecule has 82 valence electrons. The molecule has 15 heavy (non-hydrogen) atoms. The van der Waals surface area contributed by atoms with Gasteiger partial charge in [0.15, 0.2) is 0 Å². The van der Waals surface area contributed by atoms with E-state index >= 15 is 0 Å². The standard InChI is InChI=1S/C8H8FNO4S/c1-14-8(11)10-15(12,13)7-5-3-2-4-6(7)9/h2-5H,1H3,(H,10,11). The molecule has 0 fully saturated rings. The Kier molecular flexibility index (Phi) is 3.25. The van der Waals surface area contributed by atoms with Gasteiger partial charge >= 0.3 is 6.09 Å². The molecule has 1 N–H and O–H groups in total. The summed E-state index contributed by atoms with van der Waals surface area (Å²) in [6.45, 7) is 0. The summed E-state index contributed by atoms with van der Waals surface area (Å²) in [4.78, 5) is 10.1. The molecule has 5 nitrogen and oxygen atoms in total. The van der Waals surface area contributed by atoms with Crippen LogP contribution in [0.5, 0.6) is 0 Å². The van der Waals surface area contributed by atoms with Crippen LogP contribution >= 0.6 is 0 Å². The number of halogens is 1. The van der Waals surface area contributed by atoms with Crippen LogP contribution in [0.1, 0.15) is 0 Å². The van der Waals surface area contributed by atoms with Crippen molar-refractivity contribution in [1.82, 2.24) is 4.72 Å². The molecule has 7 heteroatoms. The molecule has 0 atom stereocenters. The zero-order valence-corrected chi connectivity index (χ0v) is 8.55. The Hall–Kier alpha value is -1.63. The summed E-state index contributed by atoms with van der Waals surface area (Å²) < 4.78 is 41.4. The quantitative estimate of drug-likeness (QED) is 0.822. The van der Waals surface area contributed by atoms with E-state index < -0.39 is 26.8 Å². The van der Waals surface area contributed by atoms with Crippen LogP contribution in [0.15, 0.2) is 29.2 Å². The number of hydrogen-bond acceptors (Lipinski definition) is 4. The van der Waals surface area contributed by atoms with E-state index in [9.17, 15) is 17.6 Å². The van der Waals surface area contributed by atoms with E-state index in [2.05, 4.69) is 4.74 Å². The number of methoxy groups -OCH3 is 1. The number of carbonyl (C=O) groups excluding carboxylic acids is 1. The fourth-order valence-electron chi connectivity index (χ4n) is 0.869. The van der Waals surface area contributed by atoms with Gasteiger partial charge in [-0.1, -0.05) is 12.1 Å². The molecule has 0 bridgehead atoms. The van der Waals surface area contributed by atoms with Crippen molar-refractivity contribution in [2.45, 2.75) is 4.90 Å². The van der Waals surface area contributed by atoms with E-state index in [1.54, 1.807) is 0 Å². The number of rotatable bonds is 2. The van der Waals surface area contributed by atoms with E-state index in [4.69, 9.17) is 0 Å². The van der Waals surface area contributed by atoms with E-state index in [0.717, 1.165) is 19.2 Å². The van der Waals surface area contributed by atoms with Gasteiger partial charge < -0.3 is 4.74 Å². The van der Waals surface area contributed by atoms with Crippen molar-refractivity contribution < 1.29 is 22.3 Å². The number of sulfonamides is 1. The zero-order valence-electron chi connectivity index (χ0n) is 7.73. The maximum atomic E-state index is 13.1. The second-order valence-corrected chi connectivity index (χ2v) is 4.18. The van der Waals surface area contributed by atoms with Gasteiger partial charge in [0.25, 0.3) is 10.0 Å². The molecule has 0 heterocycles. The number of benzene rings is 1. The summed E-state index contributed by atoms with van der Waals surface area (Å²) in [5.74, 6) is -0.936. The average Bonchev–Trinajstić information content (AvgIpc) is 2.17. The Labute approximate surface area is 85.9 Å². The highest BCUT2D eigenvalue weighted by molar-refractivity contribution is 7.90. The Morgan fingerprint density at radius 3 is 2.53 bits per heavy atom. The monoisotopic (exact) mass is 233 g/mol. The molecule has 0 aliphatic carbocycles. The molecular weight excluding hydrogens is 225 g/mol. The highest BCUT2D eigenvalue weighted by atomic mass is 32.2. The number of ether oxygens (including phenoxy) is 1. The van der Waals surface area contributed by atoms with Crippen LogP contribution in [0.4, 0.5) is 9.18 Å². The molecule has 0 aliphatic rings. The molecule has 1 rings (SSSR count). The zero-order chi connectivity index (χ0) is 11.5. The molecule has 0 saturated carbocycles. The molecule has 1 aromatic carbocycles. The van der Waals surface area contributed by atoms with Gasteiger partial charge in [-0.3, -0.25) is 0 Å². The number of amides is 1. The second kappa shape index (κ2) is 4.26. The van der Waals surface area contributed by atoms with Crippen LogP contribution in [0.2, 0.25) is 0 Å². The molecule has 0 aromatic heterocycles. The Balaban J connectivity index is 3.07. The topological polar surface area (TPSA) is 72.5 Å². The molecule has 0 saturated heterocycles. The van der Waals surface area contributed by atoms with Crippen molar-refractivity contribution >= 4 is 16.1 Å². The first-order valence-corrected chi connectivity index (χ1v) is 5.31. The number of nitrogens with one attached hydrogen (secondary N) is 1. The summed E-state index contributed by atoms with van der Waals surface area (Å²) in [6.07, 6.45) is -1.17. The third kappa shape index (κ3) is 2.66. The van der Waals surface area contributed by atoms with Gasteiger partial charge in [0.1, 0.15) is 10.7 Å². The Morgan fingerprint density at radius 1 is 1.40 bits per heavy atom. The van der Waals surface area contributed by atoms with Gasteiger partial charge in [-0.2, -0.15) is 0 Å². The maximum Gasteiger partial charge on any atom is 0.420 e. The van der Waals surface area contributed by atoms with E-state index in [-0.39, 0.29) is 0 Å². The lowest BCUT2D eigenvalue weighted by Gasteiger charge is -2.05. The first-order valence-electron chi connectivity index (χ1n) is 3.82. The number of hydrogen-bond donors (Lipinski definition) is 1. The third-order valence-corrected chi connectivity index (χ3v) is 2.87. The van der Waals surface area contributed by atoms with Gasteiger partial charge in [-0.25, -0.2) is 22.3 Å². The molecular formula is C8H8FNO4S. The lowest BCUT2D eigenvalue weighted by Crippen LogP contribution is -2.30. The van der Waals surface area contributed by atoms with E-state index in [0.29, 0.717) is 0 Å². The van der Waals surface area contributed by atoms with Gasteiger partial charge in [0.05, 0.1) is 7.11 Å². The van der Waals surface area contributed by atoms with Crippen LogP contribution in [0, 0.1) is 5.82 Å². The summed E-state index contributed by atoms with van der Waals surface area (Å²) in [5.41, 5.74) is 0. The highest BCUT2D eigenvalue weighted by Crippen LogP contribution is 2.12. The molecule has 0 aliphatic heterocycles. The molecule has 0 radical (unpaired) electrons. The van der Waals surface area contributed by atoms with Crippen molar-refractivity contribution in [3.05, 3.63) is 30.1 Å². The van der Waals surface area contributed by atoms with Gasteiger partial charge in [-0.05, 0) is 12.1 Å². The summed E-state index contributed by atoms with van der Waals surface area (Å²) >= 11 is 0. The second-order valence-electron chi connectivity index (χ2n) is 2.53. The van der Waals surface area contributed by atoms with Crippen molar-refractivity contribution in [1.29, 1.82) is 0 Å². The smallest absolute Gasteiger partial charge is 0.420 e. The molecule has 1 amide bonds. The van der Waals surface area contributed by atoms with Gasteiger partial charge in [-0.15, -0.1) is 0 Å². The average molecular weight is 233 g/mol. The highest BCUT2D eigenvalue weighted by Gasteiger charge is 2.21. The number of carbonyl (C=O) groups is 1. The first-order chi connectivity index (χ1) is 6.97. The van der Waals surface area contributed by atoms with E-state index in [1.807, 2.05) is 0 Å². The van der Waals surface area contributed by atoms with Crippen LogP contribution in [-0.2, 0) is 14.8 Å². The minimum atomic E-state index is -4.20. The summed E-state index contributed by atoms with van der Waals surface area (Å²) in [5, 5.41) is 0. The minimum Gasteiger partial charge on any atom is -0.452 e. The Morgan fingerprint density at radius 2 is 2.00 bits per heavy atom. The summed E-state index contributed by atoms with van der Waals surface area (Å²) in [7, 11) is -3.20. The SMILES string of the molecule is COC(=O)NS(=O)(=O)c1ccccc1F. The molecule has 0 unspecified atom stereocenters. The summed E-state index contributed by atoms with van der Waals surface area (Å²) in [6, 6.07) is 4.70. The van der Waals surface area contributed by atoms with Crippen LogP contribution in [0.25, 0.3) is 0 Å². The Bertz CT molecular complexity index is 471. The normalized spacial score (nSPS) is 10.8. The van der Waals surface area contributed by atoms with Gasteiger partial charge in [0, 0.05) is 0 Å². The van der Waals surface area contributed by atoms with Crippen molar-refractivity contribution in [3.8, 4) is 0 Å². The fraction of sp³-hybridized carbons (Fsp3) is 0.125. The van der Waals surface area contributed by atoms with Crippen LogP contribution in [0.3, 0.4) is 0 Å². The predicted molar refractivity (Wildman–Crippen MR) is 49.1 cm³/mol. The van der Waals surface area contributed by atoms with Gasteiger partial charge in [0.2, 0.25) is 0 Å². The van der Waals surface area contributed by atoms with Crippen LogP contribution < -0.4 is 4.72 Å². The lowest BCUT2D eigenvalue weighted by atomic mass is 10.4. The first kappa shape index (κ1) is 11.4. The van der Waals surface area contributed by atoms with E-state index in [1.165, 1.54) is 16.9 Å². The predicted octanol–water partition coefficient (Wildman–Crippen LogP) is 0.870. The van der Waals surface area contributed by atoms with Crippen molar-refractivity contribution in [3.63, 3.8) is 0 Å². The fourth-order valence-corrected chi connectivity index (χ4v) is 1.86. The lowest BCUT2D eigenvalue weighted by molar-refractivity contribution is 0.177. The van der Waals surface area contributed by atoms with Crippen molar-refractivity contribution in [2.24, 2.45) is 0 Å². The molecule has 0 spiro atoms. The van der Waals surface area contributed by atoms with Crippen LogP contribution in [-0.4, -0.2) is 21.6 Å². The minimum absolute atomic E-state index is 0.601. The maximum absolute atomic E-state index is 13.1. The third-order valence-electron chi connectivity index (χ3n) is 1.53. The molecule has 1 aromatic rings. The largest absolute Gasteiger partial charge is 0.452 e. The van der Waals surface area contributed by atoms with Crippen molar-refractivity contribution in [2.75, 3.05) is 7.11 Å².